The molecule has 0 radical (unpaired) electrons. The van der Waals surface area contributed by atoms with E-state index in [9.17, 15) is 15.2 Å². The zero-order valence-corrected chi connectivity index (χ0v) is 17.4. The number of nitrogens with one attached hydrogen (secondary N) is 1. The van der Waals surface area contributed by atoms with E-state index >= 15 is 0 Å². The third-order valence-corrected chi connectivity index (χ3v) is 5.24. The number of nitro benzene ring substituents is 1. The minimum absolute atomic E-state index is 0.00482. The van der Waals surface area contributed by atoms with Crippen LogP contribution in [0.4, 0.5) is 10.8 Å². The molecule has 0 aliphatic carbocycles. The Morgan fingerprint density at radius 3 is 2.61 bits per heavy atom. The maximum atomic E-state index is 12.2. The highest BCUT2D eigenvalue weighted by atomic mass is 35.5. The third kappa shape index (κ3) is 4.37. The Labute approximate surface area is 184 Å². The summed E-state index contributed by atoms with van der Waals surface area (Å²) < 4.78 is 6.17. The van der Waals surface area contributed by atoms with Gasteiger partial charge in [0.15, 0.2) is 11.6 Å². The third-order valence-electron chi connectivity index (χ3n) is 4.24. The number of hydrazone groups is 1. The molecule has 0 aliphatic rings. The monoisotopic (exact) mass is 456 g/mol. The van der Waals surface area contributed by atoms with Crippen molar-refractivity contribution in [1.82, 2.24) is 10.3 Å². The van der Waals surface area contributed by atoms with E-state index in [4.69, 9.17) is 16.1 Å². The summed E-state index contributed by atoms with van der Waals surface area (Å²) in [6, 6.07) is 12.8. The Balaban J connectivity index is 1.55. The number of nitrogens with zero attached hydrogens (tertiary/aromatic N) is 5. The van der Waals surface area contributed by atoms with E-state index in [0.717, 1.165) is 5.56 Å². The van der Waals surface area contributed by atoms with Gasteiger partial charge in [0.05, 0.1) is 15.9 Å². The lowest BCUT2D eigenvalue weighted by atomic mass is 10.1. The first-order valence-electron chi connectivity index (χ1n) is 8.78. The molecule has 0 spiro atoms. The molecule has 4 aromatic rings. The highest BCUT2D eigenvalue weighted by Gasteiger charge is 2.24. The van der Waals surface area contributed by atoms with E-state index in [-0.39, 0.29) is 11.4 Å². The van der Waals surface area contributed by atoms with Crippen molar-refractivity contribution >= 4 is 39.5 Å². The second-order valence-electron chi connectivity index (χ2n) is 6.25. The Morgan fingerprint density at radius 1 is 1.23 bits per heavy atom. The molecule has 0 atom stereocenters. The molecule has 0 unspecified atom stereocenters. The summed E-state index contributed by atoms with van der Waals surface area (Å²) in [4.78, 5) is 14.7. The highest BCUT2D eigenvalue weighted by molar-refractivity contribution is 7.14. The largest absolute Gasteiger partial charge is 0.539 e. The van der Waals surface area contributed by atoms with Crippen molar-refractivity contribution in [1.29, 1.82) is 0 Å². The van der Waals surface area contributed by atoms with Crippen LogP contribution in [0.2, 0.25) is 5.02 Å². The zero-order valence-electron chi connectivity index (χ0n) is 15.9. The number of non-ortho nitro benzene ring substituents is 1. The van der Waals surface area contributed by atoms with Crippen LogP contribution in [0.15, 0.2) is 63.5 Å². The molecular weight excluding hydrogens is 444 g/mol. The Kier molecular flexibility index (Phi) is 5.60. The van der Waals surface area contributed by atoms with E-state index in [2.05, 4.69) is 20.8 Å². The number of benzene rings is 2. The summed E-state index contributed by atoms with van der Waals surface area (Å²) in [5.41, 5.74) is 5.30. The number of anilines is 1. The number of nitro groups is 1. The number of thiazole rings is 1. The van der Waals surface area contributed by atoms with Crippen LogP contribution in [0.5, 0.6) is 5.95 Å². The van der Waals surface area contributed by atoms with Crippen molar-refractivity contribution in [3.63, 3.8) is 0 Å². The number of halogens is 1. The topological polar surface area (TPSA) is 133 Å². The average Bonchev–Trinajstić information content (AvgIpc) is 3.39. The summed E-state index contributed by atoms with van der Waals surface area (Å²) in [7, 11) is 0. The van der Waals surface area contributed by atoms with Crippen LogP contribution in [0.3, 0.4) is 0 Å². The van der Waals surface area contributed by atoms with Gasteiger partial charge < -0.3 is 9.63 Å². The van der Waals surface area contributed by atoms with E-state index in [0.29, 0.717) is 27.2 Å². The van der Waals surface area contributed by atoms with Gasteiger partial charge in [-0.15, -0.1) is 11.3 Å². The Morgan fingerprint density at radius 2 is 1.94 bits per heavy atom. The first-order chi connectivity index (χ1) is 14.9. The molecule has 156 valence electrons. The molecule has 10 nitrogen and oxygen atoms in total. The predicted octanol–water partition coefficient (Wildman–Crippen LogP) is 3.55. The summed E-state index contributed by atoms with van der Waals surface area (Å²) in [5, 5.41) is 33.7. The summed E-state index contributed by atoms with van der Waals surface area (Å²) in [5.74, 6) is -0.627. The Hall–Kier alpha value is -3.83. The smallest absolute Gasteiger partial charge is 0.289 e. The number of hydrogen-bond acceptors (Lipinski definition) is 9. The second kappa shape index (κ2) is 8.50. The molecule has 0 fully saturated rings. The molecule has 0 amide bonds. The molecular formula is C19H13ClN6O4S. The van der Waals surface area contributed by atoms with Gasteiger partial charge in [0, 0.05) is 34.7 Å². The van der Waals surface area contributed by atoms with Gasteiger partial charge in [-0.05, 0) is 41.4 Å². The summed E-state index contributed by atoms with van der Waals surface area (Å²) in [6.07, 6.45) is 0. The summed E-state index contributed by atoms with van der Waals surface area (Å²) in [6.45, 7) is 1.76. The standard InChI is InChI=1S/C19H13ClN6O4S/c1-11(12-2-6-15(7-3-12)26(28)29)22-23-19-21-16(10-31-19)17-18(27)30-24-25(17)14-8-4-13(20)5-9-14/h2-10H,1H3,(H-,21,23,24,27)/b22-11+. The lowest BCUT2D eigenvalue weighted by Crippen LogP contribution is -2.34. The fourth-order valence-corrected chi connectivity index (χ4v) is 3.44. The van der Waals surface area contributed by atoms with Crippen LogP contribution in [0.25, 0.3) is 17.1 Å². The van der Waals surface area contributed by atoms with Crippen molar-refractivity contribution in [3.8, 4) is 23.0 Å². The van der Waals surface area contributed by atoms with Gasteiger partial charge in [0.1, 0.15) is 0 Å². The first-order valence-corrected chi connectivity index (χ1v) is 10.0. The first kappa shape index (κ1) is 20.4. The van der Waals surface area contributed by atoms with Crippen LogP contribution in [-0.4, -0.2) is 20.9 Å². The van der Waals surface area contributed by atoms with Crippen LogP contribution in [0.1, 0.15) is 12.5 Å². The lowest BCUT2D eigenvalue weighted by molar-refractivity contribution is -0.660. The van der Waals surface area contributed by atoms with Crippen molar-refractivity contribution in [3.05, 3.63) is 74.6 Å². The summed E-state index contributed by atoms with van der Waals surface area (Å²) >= 11 is 7.16. The van der Waals surface area contributed by atoms with E-state index in [1.54, 1.807) is 48.7 Å². The normalized spacial score (nSPS) is 11.5. The van der Waals surface area contributed by atoms with Gasteiger partial charge in [-0.1, -0.05) is 11.6 Å². The number of rotatable bonds is 6. The quantitative estimate of drug-likeness (QED) is 0.203. The molecule has 0 aliphatic heterocycles. The number of hydrogen-bond donors (Lipinski definition) is 1. The minimum atomic E-state index is -0.627. The van der Waals surface area contributed by atoms with Crippen LogP contribution in [0, 0.1) is 10.1 Å². The van der Waals surface area contributed by atoms with E-state index < -0.39 is 10.9 Å². The molecule has 12 heteroatoms. The number of aromatic nitrogens is 3. The molecule has 0 bridgehead atoms. The van der Waals surface area contributed by atoms with Crippen molar-refractivity contribution in [2.24, 2.45) is 5.10 Å². The van der Waals surface area contributed by atoms with E-state index in [1.165, 1.54) is 28.2 Å². The van der Waals surface area contributed by atoms with Gasteiger partial charge in [-0.25, -0.2) is 4.98 Å². The van der Waals surface area contributed by atoms with Crippen molar-refractivity contribution in [2.75, 3.05) is 5.43 Å². The maximum Gasteiger partial charge on any atom is 0.289 e. The van der Waals surface area contributed by atoms with Crippen LogP contribution < -0.4 is 15.2 Å². The second-order valence-corrected chi connectivity index (χ2v) is 7.54. The lowest BCUT2D eigenvalue weighted by Gasteiger charge is -2.01. The average molecular weight is 457 g/mol. The van der Waals surface area contributed by atoms with Crippen LogP contribution >= 0.6 is 22.9 Å². The SMILES string of the molecule is C/C(=N\Nc1nc(-c2c([O-])on[n+]2-c2ccc(Cl)cc2)cs1)c1ccc([N+](=O)[O-])cc1. The highest BCUT2D eigenvalue weighted by Crippen LogP contribution is 2.28. The Bertz CT molecular complexity index is 1270. The maximum absolute atomic E-state index is 12.2. The zero-order chi connectivity index (χ0) is 22.0. The van der Waals surface area contributed by atoms with Crippen molar-refractivity contribution < 1.29 is 19.2 Å². The van der Waals surface area contributed by atoms with Crippen molar-refractivity contribution in [2.45, 2.75) is 6.92 Å². The van der Waals surface area contributed by atoms with Gasteiger partial charge >= 0.3 is 0 Å². The molecule has 2 heterocycles. The fourth-order valence-electron chi connectivity index (χ4n) is 2.67. The molecule has 0 saturated heterocycles. The molecule has 4 rings (SSSR count). The molecule has 2 aromatic heterocycles. The minimum Gasteiger partial charge on any atom is -0.539 e. The molecule has 0 saturated carbocycles. The van der Waals surface area contributed by atoms with Crippen LogP contribution in [-0.2, 0) is 0 Å². The fraction of sp³-hybridized carbons (Fsp3) is 0.0526. The van der Waals surface area contributed by atoms with Gasteiger partial charge in [0.2, 0.25) is 10.8 Å². The predicted molar refractivity (Wildman–Crippen MR) is 113 cm³/mol. The van der Waals surface area contributed by atoms with Gasteiger partial charge in [0.25, 0.3) is 11.4 Å². The van der Waals surface area contributed by atoms with E-state index in [1.807, 2.05) is 0 Å². The van der Waals surface area contributed by atoms with Gasteiger partial charge in [-0.3, -0.25) is 15.5 Å². The molecule has 1 N–H and O–H groups in total. The van der Waals surface area contributed by atoms with Gasteiger partial charge in [-0.2, -0.15) is 5.10 Å². The molecule has 2 aromatic carbocycles. The molecule has 31 heavy (non-hydrogen) atoms.